The molecule has 0 atom stereocenters. The van der Waals surface area contributed by atoms with Crippen LogP contribution >= 0.6 is 0 Å². The van der Waals surface area contributed by atoms with E-state index in [0.29, 0.717) is 54.4 Å². The van der Waals surface area contributed by atoms with Crippen molar-refractivity contribution in [1.29, 1.82) is 0 Å². The van der Waals surface area contributed by atoms with E-state index < -0.39 is 30.4 Å². The van der Waals surface area contributed by atoms with E-state index in [9.17, 15) is 38.9 Å². The molecule has 26 heteroatoms. The van der Waals surface area contributed by atoms with Crippen LogP contribution in [0.25, 0.3) is 90.9 Å². The normalized spacial score (nSPS) is 11.5. The molecule has 0 radical (unpaired) electrons. The molecule has 2 aliphatic rings. The van der Waals surface area contributed by atoms with Gasteiger partial charge in [0.15, 0.2) is 49.6 Å². The molecule has 9 heterocycles. The topological polar surface area (TPSA) is 241 Å². The first kappa shape index (κ1) is 81.1. The zero-order valence-electron chi connectivity index (χ0n) is 52.7. The van der Waals surface area contributed by atoms with Crippen LogP contribution in [0, 0.1) is 0 Å². The predicted molar refractivity (Wildman–Crippen MR) is 335 cm³/mol. The molecular weight excluding hydrogens is 1710 g/mol. The Morgan fingerprint density at radius 2 is 0.726 bits per heavy atom. The molecule has 0 N–H and O–H groups in total. The minimum Gasteiger partial charge on any atom is -1.00 e. The van der Waals surface area contributed by atoms with Crippen LogP contribution < -0.4 is 159 Å². The summed E-state index contributed by atoms with van der Waals surface area (Å²) in [5.41, 5.74) is 16.9. The second-order valence-corrected chi connectivity index (χ2v) is 26.1. The first-order valence-corrected chi connectivity index (χ1v) is 32.9. The van der Waals surface area contributed by atoms with E-state index in [1.54, 1.807) is 31.2 Å². The Morgan fingerprint density at radius 3 is 1.00 bits per heavy atom. The Morgan fingerprint density at radius 1 is 0.421 bits per heavy atom. The molecule has 0 aliphatic carbocycles. The Bertz CT molecular complexity index is 4540. The molecule has 482 valence electrons. The van der Waals surface area contributed by atoms with E-state index in [1.807, 2.05) is 46.5 Å². The number of aryl methyl sites for hydroxylation is 7. The molecular formula is C69H61I3N8Na2O9PdS3. The molecule has 2 aliphatic heterocycles. The number of hydrogen-bond donors (Lipinski definition) is 0. The second-order valence-electron chi connectivity index (χ2n) is 22.0. The third-order valence-corrected chi connectivity index (χ3v) is 18.4. The van der Waals surface area contributed by atoms with Crippen molar-refractivity contribution in [2.45, 2.75) is 59.6 Å². The van der Waals surface area contributed by atoms with Crippen molar-refractivity contribution in [2.24, 2.45) is 28.2 Å². The van der Waals surface area contributed by atoms with Crippen LogP contribution in [0.15, 0.2) is 204 Å². The maximum absolute atomic E-state index is 11.9. The van der Waals surface area contributed by atoms with Crippen LogP contribution in [0.4, 0.5) is 0 Å². The van der Waals surface area contributed by atoms with Gasteiger partial charge in [0.1, 0.15) is 58.5 Å². The Hall–Kier alpha value is -4.56. The van der Waals surface area contributed by atoms with E-state index in [4.69, 9.17) is 19.9 Å². The van der Waals surface area contributed by atoms with Crippen molar-refractivity contribution in [3.63, 3.8) is 0 Å². The summed E-state index contributed by atoms with van der Waals surface area (Å²) in [5, 5.41) is 0. The molecule has 0 saturated heterocycles. The average Bonchev–Trinajstić information content (AvgIpc) is 1.64. The van der Waals surface area contributed by atoms with Gasteiger partial charge in [-0.05, 0) is 159 Å². The summed E-state index contributed by atoms with van der Waals surface area (Å²) >= 11 is 0. The van der Waals surface area contributed by atoms with Crippen LogP contribution in [0.2, 0.25) is 0 Å². The zero-order chi connectivity index (χ0) is 62.8. The molecule has 0 saturated carbocycles. The molecule has 7 aromatic heterocycles. The fraction of sp³-hybridized carbons (Fsp3) is 0.159. The molecule has 10 aromatic rings. The van der Waals surface area contributed by atoms with Gasteiger partial charge in [0.05, 0.1) is 37.5 Å². The van der Waals surface area contributed by atoms with Gasteiger partial charge in [-0.2, -0.15) is 0 Å². The number of hydrogen-bond acceptors (Lipinski definition) is 11. The summed E-state index contributed by atoms with van der Waals surface area (Å²) in [6.45, 7) is 1.73. The second kappa shape index (κ2) is 35.0. The van der Waals surface area contributed by atoms with Crippen LogP contribution in [-0.4, -0.2) is 48.9 Å². The fourth-order valence-corrected chi connectivity index (χ4v) is 13.1. The number of pyridine rings is 4. The molecule has 0 fully saturated rings. The third-order valence-electron chi connectivity index (χ3n) is 15.8. The summed E-state index contributed by atoms with van der Waals surface area (Å²) < 4.78 is 112. The molecule has 8 bridgehead atoms. The van der Waals surface area contributed by atoms with Crippen LogP contribution in [0.5, 0.6) is 0 Å². The SMILES string of the molecule is CCc1ccc(C(CCc2cccc(S(=O)(=O)[O-])c2)CCc2cccc(S(=O)(=O)[O-])c2)cc1S(=O)(=O)[O-].C[n+]1ccc(-c2c3nc(c(-c4cc[n+](C)cc4)c4ccc([n-]4)c(-c4cc[n+](C)cc4)c4nc(c(-c5cc[n+](C)cc5)c5ccc2[n-]5)C=C4)C=C3)cc1.[I-].[I-].[I-].[Na+].[Na+].[Pd+2]. The van der Waals surface area contributed by atoms with Gasteiger partial charge in [0.25, 0.3) is 0 Å². The summed E-state index contributed by atoms with van der Waals surface area (Å²) in [6, 6.07) is 41.3. The summed E-state index contributed by atoms with van der Waals surface area (Å²) in [4.78, 5) is 20.4. The Balaban J connectivity index is 0.000000341. The first-order chi connectivity index (χ1) is 42.6. The van der Waals surface area contributed by atoms with Gasteiger partial charge in [0, 0.05) is 48.5 Å². The van der Waals surface area contributed by atoms with Gasteiger partial charge in [0.2, 0.25) is 0 Å². The zero-order valence-corrected chi connectivity index (χ0v) is 67.2. The number of halogens is 3. The molecule has 17 nitrogen and oxygen atoms in total. The van der Waals surface area contributed by atoms with Crippen molar-refractivity contribution in [3.05, 3.63) is 234 Å². The third kappa shape index (κ3) is 19.7. The largest absolute Gasteiger partial charge is 2.00 e. The quantitative estimate of drug-likeness (QED) is 0.0403. The van der Waals surface area contributed by atoms with Crippen molar-refractivity contribution < 1.29 is 209 Å². The number of nitrogens with zero attached hydrogens (tertiary/aromatic N) is 8. The molecule has 3 aromatic carbocycles. The smallest absolute Gasteiger partial charge is 1.00 e. The van der Waals surface area contributed by atoms with Gasteiger partial charge in [-0.25, -0.2) is 53.5 Å². The minimum absolute atomic E-state index is 0. The number of fused-ring (bicyclic) bond motifs is 8. The van der Waals surface area contributed by atoms with E-state index in [2.05, 4.69) is 147 Å². The van der Waals surface area contributed by atoms with Crippen molar-refractivity contribution in [2.75, 3.05) is 0 Å². The minimum atomic E-state index is -4.73. The maximum Gasteiger partial charge on any atom is 2.00 e. The van der Waals surface area contributed by atoms with Gasteiger partial charge in [-0.3, -0.25) is 0 Å². The molecule has 95 heavy (non-hydrogen) atoms. The summed E-state index contributed by atoms with van der Waals surface area (Å²) in [5.74, 6) is -0.313. The van der Waals surface area contributed by atoms with Crippen molar-refractivity contribution in [3.8, 4) is 44.5 Å². The van der Waals surface area contributed by atoms with Gasteiger partial charge >= 0.3 is 79.5 Å². The van der Waals surface area contributed by atoms with Crippen LogP contribution in [0.1, 0.15) is 70.7 Å². The number of benzene rings is 3. The summed E-state index contributed by atoms with van der Waals surface area (Å²) in [7, 11) is -5.90. The van der Waals surface area contributed by atoms with Gasteiger partial charge < -0.3 is 95.6 Å². The van der Waals surface area contributed by atoms with E-state index in [-0.39, 0.29) is 172 Å². The van der Waals surface area contributed by atoms with Crippen molar-refractivity contribution >= 4 is 76.7 Å². The summed E-state index contributed by atoms with van der Waals surface area (Å²) in [6.07, 6.45) is 26.7. The van der Waals surface area contributed by atoms with Crippen molar-refractivity contribution in [1.82, 2.24) is 19.9 Å². The number of rotatable bonds is 15. The monoisotopic (exact) mass is 1770 g/mol. The van der Waals surface area contributed by atoms with Crippen LogP contribution in [-0.2, 0) is 98.2 Å². The molecule has 0 unspecified atom stereocenters. The Kier molecular flexibility index (Phi) is 29.9. The fourth-order valence-electron chi connectivity index (χ4n) is 11.2. The average molecular weight is 1780 g/mol. The van der Waals surface area contributed by atoms with E-state index in [0.717, 1.165) is 89.4 Å². The van der Waals surface area contributed by atoms with Gasteiger partial charge in [-0.15, -0.1) is 22.1 Å². The first-order valence-electron chi connectivity index (χ1n) is 28.6. The van der Waals surface area contributed by atoms with Gasteiger partial charge in [-0.1, -0.05) is 67.6 Å². The van der Waals surface area contributed by atoms with E-state index >= 15 is 0 Å². The maximum atomic E-state index is 11.9. The standard InChI is InChI=1S/C44H36N8.C25H28O9S3.3HI.2Na.Pd/c1-49-21-13-29(14-22-49)41-33-5-7-35(45-33)42(30-15-23-50(2)24-16-30)37-9-11-39(47-37)44(32-19-27-52(4)28-20-32)40-12-10-38(48-40)43(36-8-6-34(41)46-36)31-17-25-51(3)26-18-31;1-2-20-13-14-22(17-25(20)37(32,33)34)21(11-9-18-5-3-7-23(15-18)35(26,27)28)12-10-19-6-4-8-24(16-19)36(29,30)31;;;;;;/h5-28H,1-4H3;3-8,13-17,21H,2,9-12H2,1H3,(H,26,27,28)(H,29,30,31)(H,32,33,34);3*1H;;;/q+2;;;;;2*+1;+2/p-6. The Labute approximate surface area is 663 Å². The predicted octanol–water partition coefficient (Wildman–Crippen LogP) is -5.79. The van der Waals surface area contributed by atoms with Crippen LogP contribution in [0.3, 0.4) is 0 Å². The van der Waals surface area contributed by atoms with E-state index in [1.165, 1.54) is 42.5 Å². The molecule has 12 rings (SSSR count). The molecule has 0 amide bonds. The molecule has 0 spiro atoms. The number of aromatic nitrogens is 8.